The molecule has 5 heteroatoms. The summed E-state index contributed by atoms with van der Waals surface area (Å²) in [5.41, 5.74) is 6.45. The Balaban J connectivity index is 1.96. The van der Waals surface area contributed by atoms with Crippen LogP contribution in [0.15, 0.2) is 59.6 Å². The molecule has 0 amide bonds. The van der Waals surface area contributed by atoms with Crippen LogP contribution in [0.1, 0.15) is 26.3 Å². The molecular formula is C19H25N3O2. The van der Waals surface area contributed by atoms with Crippen LogP contribution in [0.2, 0.25) is 0 Å². The van der Waals surface area contributed by atoms with Gasteiger partial charge in [-0.15, -0.1) is 0 Å². The van der Waals surface area contributed by atoms with Gasteiger partial charge in [0.25, 0.3) is 0 Å². The average Bonchev–Trinajstić information content (AvgIpc) is 2.55. The number of hydrogen-bond donors (Lipinski definition) is 3. The molecule has 24 heavy (non-hydrogen) atoms. The fraction of sp³-hybridized carbons (Fsp3) is 0.316. The number of aliphatic imine (C=N–C) groups is 1. The lowest BCUT2D eigenvalue weighted by Crippen LogP contribution is -2.29. The van der Waals surface area contributed by atoms with E-state index in [4.69, 9.17) is 10.5 Å². The van der Waals surface area contributed by atoms with Gasteiger partial charge in [0.1, 0.15) is 11.4 Å². The van der Waals surface area contributed by atoms with Crippen LogP contribution in [0.5, 0.6) is 5.75 Å². The minimum absolute atomic E-state index is 0.135. The molecule has 0 bridgehead atoms. The highest BCUT2D eigenvalue weighted by atomic mass is 16.5. The van der Waals surface area contributed by atoms with Crippen molar-refractivity contribution in [3.63, 3.8) is 0 Å². The normalized spacial score (nSPS) is 14.3. The summed E-state index contributed by atoms with van der Waals surface area (Å²) in [5, 5.41) is 13.5. The van der Waals surface area contributed by atoms with Crippen molar-refractivity contribution in [2.75, 3.05) is 11.9 Å². The maximum Gasteiger partial charge on any atom is 0.193 e. The number of nitrogens with zero attached hydrogens (tertiary/aromatic N) is 1. The first-order valence-corrected chi connectivity index (χ1v) is 7.98. The molecule has 0 heterocycles. The van der Waals surface area contributed by atoms with Crippen LogP contribution in [0.25, 0.3) is 0 Å². The lowest BCUT2D eigenvalue weighted by Gasteiger charge is -2.21. The molecule has 2 aromatic carbocycles. The number of nitrogens with two attached hydrogens (primary N) is 1. The van der Waals surface area contributed by atoms with Crippen molar-refractivity contribution in [2.24, 2.45) is 10.7 Å². The van der Waals surface area contributed by atoms with Crippen LogP contribution in [0.4, 0.5) is 5.69 Å². The highest BCUT2D eigenvalue weighted by molar-refractivity contribution is 5.92. The Kier molecular flexibility index (Phi) is 5.82. The Morgan fingerprint density at radius 2 is 1.79 bits per heavy atom. The van der Waals surface area contributed by atoms with Crippen LogP contribution in [0.3, 0.4) is 0 Å². The number of ether oxygens (including phenoxy) is 1. The van der Waals surface area contributed by atoms with Crippen LogP contribution >= 0.6 is 0 Å². The number of benzene rings is 2. The largest absolute Gasteiger partial charge is 0.491 e. The summed E-state index contributed by atoms with van der Waals surface area (Å²) in [6, 6.07) is 16.9. The molecule has 0 spiro atoms. The first kappa shape index (κ1) is 17.8. The summed E-state index contributed by atoms with van der Waals surface area (Å²) in [4.78, 5) is 4.24. The van der Waals surface area contributed by atoms with E-state index in [1.54, 1.807) is 6.92 Å². The van der Waals surface area contributed by atoms with E-state index in [-0.39, 0.29) is 18.6 Å². The number of rotatable bonds is 6. The Hall–Kier alpha value is -2.53. The highest BCUT2D eigenvalue weighted by Crippen LogP contribution is 2.20. The van der Waals surface area contributed by atoms with Gasteiger partial charge in [-0.25, -0.2) is 4.99 Å². The number of anilines is 1. The van der Waals surface area contributed by atoms with E-state index in [9.17, 15) is 5.11 Å². The molecule has 0 saturated carbocycles. The SMILES string of the molecule is CC(C)Oc1ccc(NC(N)=NCC(C)(O)c2ccccc2)cc1. The van der Waals surface area contributed by atoms with E-state index in [1.807, 2.05) is 68.4 Å². The van der Waals surface area contributed by atoms with Gasteiger partial charge < -0.3 is 20.9 Å². The van der Waals surface area contributed by atoms with Gasteiger partial charge in [-0.1, -0.05) is 30.3 Å². The molecule has 0 fully saturated rings. The van der Waals surface area contributed by atoms with Gasteiger partial charge in [-0.3, -0.25) is 0 Å². The molecule has 0 radical (unpaired) electrons. The lowest BCUT2D eigenvalue weighted by atomic mass is 9.96. The van der Waals surface area contributed by atoms with E-state index in [0.717, 1.165) is 17.0 Å². The Morgan fingerprint density at radius 3 is 2.38 bits per heavy atom. The molecule has 0 aromatic heterocycles. The molecule has 1 unspecified atom stereocenters. The number of aliphatic hydroxyl groups is 1. The molecule has 2 aromatic rings. The van der Waals surface area contributed by atoms with Crippen LogP contribution in [-0.2, 0) is 5.60 Å². The fourth-order valence-corrected chi connectivity index (χ4v) is 2.20. The van der Waals surface area contributed by atoms with Crippen LogP contribution < -0.4 is 15.8 Å². The third-order valence-corrected chi connectivity index (χ3v) is 3.45. The molecule has 1 atom stereocenters. The van der Waals surface area contributed by atoms with Crippen molar-refractivity contribution in [1.29, 1.82) is 0 Å². The van der Waals surface area contributed by atoms with Gasteiger partial charge in [-0.05, 0) is 50.6 Å². The second-order valence-corrected chi connectivity index (χ2v) is 6.16. The zero-order chi connectivity index (χ0) is 17.6. The summed E-state index contributed by atoms with van der Waals surface area (Å²) in [5.74, 6) is 1.06. The van der Waals surface area contributed by atoms with E-state index >= 15 is 0 Å². The third-order valence-electron chi connectivity index (χ3n) is 3.45. The summed E-state index contributed by atoms with van der Waals surface area (Å²) in [7, 11) is 0. The predicted octanol–water partition coefficient (Wildman–Crippen LogP) is 3.11. The van der Waals surface area contributed by atoms with Gasteiger partial charge in [0, 0.05) is 5.69 Å². The molecule has 0 aliphatic carbocycles. The number of guanidine groups is 1. The van der Waals surface area contributed by atoms with E-state index in [1.165, 1.54) is 0 Å². The number of nitrogens with one attached hydrogen (secondary N) is 1. The zero-order valence-electron chi connectivity index (χ0n) is 14.4. The minimum atomic E-state index is -1.07. The van der Waals surface area contributed by atoms with E-state index < -0.39 is 5.60 Å². The van der Waals surface area contributed by atoms with Gasteiger partial charge in [-0.2, -0.15) is 0 Å². The smallest absolute Gasteiger partial charge is 0.193 e. The summed E-state index contributed by atoms with van der Waals surface area (Å²) < 4.78 is 5.59. The monoisotopic (exact) mass is 327 g/mol. The molecule has 2 rings (SSSR count). The molecule has 4 N–H and O–H groups in total. The van der Waals surface area contributed by atoms with E-state index in [2.05, 4.69) is 10.3 Å². The lowest BCUT2D eigenvalue weighted by molar-refractivity contribution is 0.0674. The maximum absolute atomic E-state index is 10.5. The van der Waals surface area contributed by atoms with Crippen LogP contribution in [-0.4, -0.2) is 23.7 Å². The molecular weight excluding hydrogens is 302 g/mol. The fourth-order valence-electron chi connectivity index (χ4n) is 2.20. The van der Waals surface area contributed by atoms with Crippen LogP contribution in [0, 0.1) is 0 Å². The number of hydrogen-bond acceptors (Lipinski definition) is 3. The van der Waals surface area contributed by atoms with E-state index in [0.29, 0.717) is 0 Å². The topological polar surface area (TPSA) is 79.9 Å². The average molecular weight is 327 g/mol. The highest BCUT2D eigenvalue weighted by Gasteiger charge is 2.22. The summed E-state index contributed by atoms with van der Waals surface area (Å²) >= 11 is 0. The quantitative estimate of drug-likeness (QED) is 0.562. The Morgan fingerprint density at radius 1 is 1.17 bits per heavy atom. The first-order chi connectivity index (χ1) is 11.4. The van der Waals surface area contributed by atoms with Gasteiger partial charge >= 0.3 is 0 Å². The van der Waals surface area contributed by atoms with Gasteiger partial charge in [0.15, 0.2) is 5.96 Å². The standard InChI is InChI=1S/C19H25N3O2/c1-14(2)24-17-11-9-16(10-12-17)22-18(20)21-13-19(3,23)15-7-5-4-6-8-15/h4-12,14,23H,13H2,1-3H3,(H3,20,21,22). The molecule has 128 valence electrons. The van der Waals surface area contributed by atoms with Crippen molar-refractivity contribution < 1.29 is 9.84 Å². The van der Waals surface area contributed by atoms with Crippen molar-refractivity contribution in [1.82, 2.24) is 0 Å². The van der Waals surface area contributed by atoms with Gasteiger partial charge in [0.05, 0.1) is 12.6 Å². The van der Waals surface area contributed by atoms with Gasteiger partial charge in [0.2, 0.25) is 0 Å². The third kappa shape index (κ3) is 5.28. The zero-order valence-corrected chi connectivity index (χ0v) is 14.4. The molecule has 0 aliphatic rings. The second-order valence-electron chi connectivity index (χ2n) is 6.16. The van der Waals surface area contributed by atoms with Crippen molar-refractivity contribution in [3.05, 3.63) is 60.2 Å². The second kappa shape index (κ2) is 7.84. The Bertz CT molecular complexity index is 665. The minimum Gasteiger partial charge on any atom is -0.491 e. The molecule has 0 saturated heterocycles. The summed E-state index contributed by atoms with van der Waals surface area (Å²) in [6.07, 6.45) is 0.135. The van der Waals surface area contributed by atoms with Crippen molar-refractivity contribution in [3.8, 4) is 5.75 Å². The molecule has 5 nitrogen and oxygen atoms in total. The maximum atomic E-state index is 10.5. The van der Waals surface area contributed by atoms with Crippen molar-refractivity contribution in [2.45, 2.75) is 32.5 Å². The first-order valence-electron chi connectivity index (χ1n) is 7.98. The van der Waals surface area contributed by atoms with Crippen molar-refractivity contribution >= 4 is 11.6 Å². The summed E-state index contributed by atoms with van der Waals surface area (Å²) in [6.45, 7) is 5.85. The predicted molar refractivity (Wildman–Crippen MR) is 98.3 cm³/mol. The molecule has 0 aliphatic heterocycles. The Labute approximate surface area is 143 Å².